The number of fused-ring (bicyclic) bond motifs is 1. The molecule has 0 radical (unpaired) electrons. The Morgan fingerprint density at radius 3 is 2.45 bits per heavy atom. The van der Waals surface area contributed by atoms with E-state index in [4.69, 9.17) is 4.74 Å². The molecule has 4 rings (SSSR count). The number of rotatable bonds is 3. The zero-order valence-electron chi connectivity index (χ0n) is 16.8. The van der Waals surface area contributed by atoms with Crippen molar-refractivity contribution in [1.82, 2.24) is 19.7 Å². The number of esters is 1. The molecule has 0 aliphatic carbocycles. The van der Waals surface area contributed by atoms with Crippen molar-refractivity contribution in [2.75, 3.05) is 38.1 Å². The molecule has 8 heteroatoms. The number of hydrogen-bond donors (Lipinski definition) is 0. The smallest absolute Gasteiger partial charge is 0.309 e. The van der Waals surface area contributed by atoms with Crippen LogP contribution in [0.25, 0.3) is 16.5 Å². The number of aryl methyl sites for hydroxylation is 1. The first-order valence-electron chi connectivity index (χ1n) is 9.56. The molecule has 3 aromatic rings. The van der Waals surface area contributed by atoms with Crippen LogP contribution in [0.4, 0.5) is 5.82 Å². The number of carbonyl (C=O) groups is 1. The molecule has 0 spiro atoms. The van der Waals surface area contributed by atoms with E-state index >= 15 is 0 Å². The van der Waals surface area contributed by atoms with E-state index in [1.807, 2.05) is 25.1 Å². The lowest BCUT2D eigenvalue weighted by atomic mass is 10.1. The van der Waals surface area contributed by atoms with Gasteiger partial charge in [0.2, 0.25) is 0 Å². The fourth-order valence-electron chi connectivity index (χ4n) is 3.54. The molecule has 0 unspecified atom stereocenters. The predicted molar refractivity (Wildman–Crippen MR) is 111 cm³/mol. The van der Waals surface area contributed by atoms with Crippen molar-refractivity contribution >= 4 is 22.6 Å². The van der Waals surface area contributed by atoms with Gasteiger partial charge in [-0.25, -0.2) is 4.98 Å². The minimum Gasteiger partial charge on any atom is -0.405 e. The standard InChI is InChI=1S/C21H23N5O3/c1-14-13-17-18(19(22-14)25-11-9-24(3)10-12-25)20(29-15(2)27)23-26(21(17)28)16-7-5-4-6-8-16/h4-8,13H,9-12H2,1-3H3. The Morgan fingerprint density at radius 2 is 1.79 bits per heavy atom. The third-order valence-electron chi connectivity index (χ3n) is 5.00. The Kier molecular flexibility index (Phi) is 5.02. The molecule has 150 valence electrons. The molecule has 1 aliphatic heterocycles. The van der Waals surface area contributed by atoms with Crippen LogP contribution < -0.4 is 15.2 Å². The van der Waals surface area contributed by atoms with Gasteiger partial charge in [-0.05, 0) is 32.2 Å². The van der Waals surface area contributed by atoms with Crippen LogP contribution in [0.3, 0.4) is 0 Å². The van der Waals surface area contributed by atoms with Crippen LogP contribution in [-0.4, -0.2) is 58.9 Å². The lowest BCUT2D eigenvalue weighted by molar-refractivity contribution is -0.132. The number of likely N-dealkylation sites (N-methyl/N-ethyl adjacent to an activating group) is 1. The second-order valence-electron chi connectivity index (χ2n) is 7.25. The molecular weight excluding hydrogens is 370 g/mol. The Hall–Kier alpha value is -3.26. The van der Waals surface area contributed by atoms with Gasteiger partial charge in [0.25, 0.3) is 11.4 Å². The lowest BCUT2D eigenvalue weighted by Crippen LogP contribution is -2.45. The average Bonchev–Trinajstić information content (AvgIpc) is 2.70. The van der Waals surface area contributed by atoms with Crippen LogP contribution in [0, 0.1) is 6.92 Å². The van der Waals surface area contributed by atoms with Crippen molar-refractivity contribution in [2.24, 2.45) is 0 Å². The molecule has 0 bridgehead atoms. The second kappa shape index (κ2) is 7.63. The Morgan fingerprint density at radius 1 is 1.10 bits per heavy atom. The third-order valence-corrected chi connectivity index (χ3v) is 5.00. The van der Waals surface area contributed by atoms with Gasteiger partial charge in [0.1, 0.15) is 5.82 Å². The van der Waals surface area contributed by atoms with Gasteiger partial charge >= 0.3 is 5.97 Å². The van der Waals surface area contributed by atoms with Crippen LogP contribution in [0.1, 0.15) is 12.6 Å². The van der Waals surface area contributed by atoms with E-state index in [9.17, 15) is 9.59 Å². The Labute approximate surface area is 168 Å². The van der Waals surface area contributed by atoms with Crippen LogP contribution in [0.2, 0.25) is 0 Å². The summed E-state index contributed by atoms with van der Waals surface area (Å²) in [6.07, 6.45) is 0. The molecule has 3 heterocycles. The summed E-state index contributed by atoms with van der Waals surface area (Å²) in [4.78, 5) is 34.2. The van der Waals surface area contributed by atoms with Gasteiger partial charge in [-0.3, -0.25) is 9.59 Å². The molecule has 1 aliphatic rings. The van der Waals surface area contributed by atoms with Gasteiger partial charge in [0.05, 0.1) is 16.5 Å². The molecule has 1 fully saturated rings. The SMILES string of the molecule is CC(=O)Oc1nn(-c2ccccc2)c(=O)c2cc(C)nc(N3CCN(C)CC3)c12. The second-order valence-corrected chi connectivity index (χ2v) is 7.25. The van der Waals surface area contributed by atoms with Crippen molar-refractivity contribution in [3.63, 3.8) is 0 Å². The molecule has 0 N–H and O–H groups in total. The highest BCUT2D eigenvalue weighted by Gasteiger charge is 2.24. The molecular formula is C21H23N5O3. The summed E-state index contributed by atoms with van der Waals surface area (Å²) < 4.78 is 6.72. The minimum absolute atomic E-state index is 0.0948. The Bertz CT molecular complexity index is 1120. The van der Waals surface area contributed by atoms with E-state index in [0.29, 0.717) is 22.3 Å². The first-order chi connectivity index (χ1) is 13.9. The number of anilines is 1. The number of piperazine rings is 1. The lowest BCUT2D eigenvalue weighted by Gasteiger charge is -2.34. The molecule has 2 aromatic heterocycles. The molecule has 0 saturated carbocycles. The molecule has 8 nitrogen and oxygen atoms in total. The zero-order valence-corrected chi connectivity index (χ0v) is 16.8. The van der Waals surface area contributed by atoms with Crippen LogP contribution in [-0.2, 0) is 4.79 Å². The maximum Gasteiger partial charge on any atom is 0.309 e. The van der Waals surface area contributed by atoms with Crippen molar-refractivity contribution in [3.05, 3.63) is 52.4 Å². The highest BCUT2D eigenvalue weighted by molar-refractivity contribution is 5.97. The molecule has 0 atom stereocenters. The molecule has 0 amide bonds. The first-order valence-corrected chi connectivity index (χ1v) is 9.56. The highest BCUT2D eigenvalue weighted by Crippen LogP contribution is 2.31. The van der Waals surface area contributed by atoms with Crippen LogP contribution >= 0.6 is 0 Å². The first kappa shape index (κ1) is 19.1. The fraction of sp³-hybridized carbons (Fsp3) is 0.333. The number of carbonyl (C=O) groups excluding carboxylic acids is 1. The van der Waals surface area contributed by atoms with E-state index in [0.717, 1.165) is 31.9 Å². The molecule has 29 heavy (non-hydrogen) atoms. The minimum atomic E-state index is -0.498. The summed E-state index contributed by atoms with van der Waals surface area (Å²) in [6.45, 7) is 6.48. The highest BCUT2D eigenvalue weighted by atomic mass is 16.5. The monoisotopic (exact) mass is 393 g/mol. The number of ether oxygens (including phenoxy) is 1. The molecule has 1 saturated heterocycles. The van der Waals surface area contributed by atoms with Gasteiger partial charge in [-0.2, -0.15) is 4.68 Å². The van der Waals surface area contributed by atoms with Crippen molar-refractivity contribution in [2.45, 2.75) is 13.8 Å². The van der Waals surface area contributed by atoms with Crippen molar-refractivity contribution in [3.8, 4) is 11.6 Å². The van der Waals surface area contributed by atoms with E-state index < -0.39 is 5.97 Å². The number of nitrogens with zero attached hydrogens (tertiary/aromatic N) is 5. The van der Waals surface area contributed by atoms with Crippen molar-refractivity contribution in [1.29, 1.82) is 0 Å². The fourth-order valence-corrected chi connectivity index (χ4v) is 3.54. The van der Waals surface area contributed by atoms with Gasteiger partial charge in [-0.15, -0.1) is 5.10 Å². The summed E-state index contributed by atoms with van der Waals surface area (Å²) >= 11 is 0. The maximum atomic E-state index is 13.3. The maximum absolute atomic E-state index is 13.3. The van der Waals surface area contributed by atoms with Gasteiger partial charge in [0, 0.05) is 38.8 Å². The molecule has 1 aromatic carbocycles. The van der Waals surface area contributed by atoms with E-state index in [1.165, 1.54) is 11.6 Å². The summed E-state index contributed by atoms with van der Waals surface area (Å²) in [5.41, 5.74) is 1.05. The van der Waals surface area contributed by atoms with E-state index in [1.54, 1.807) is 18.2 Å². The summed E-state index contributed by atoms with van der Waals surface area (Å²) in [6, 6.07) is 10.8. The number of aromatic nitrogens is 3. The normalized spacial score (nSPS) is 14.9. The third kappa shape index (κ3) is 3.71. The number of pyridine rings is 1. The number of para-hydroxylation sites is 1. The van der Waals surface area contributed by atoms with Crippen LogP contribution in [0.15, 0.2) is 41.2 Å². The van der Waals surface area contributed by atoms with E-state index in [2.05, 4.69) is 26.9 Å². The largest absolute Gasteiger partial charge is 0.405 e. The number of hydrogen-bond acceptors (Lipinski definition) is 7. The summed E-state index contributed by atoms with van der Waals surface area (Å²) in [5.74, 6) is 0.230. The topological polar surface area (TPSA) is 80.6 Å². The van der Waals surface area contributed by atoms with Gasteiger partial charge in [-0.1, -0.05) is 18.2 Å². The van der Waals surface area contributed by atoms with E-state index in [-0.39, 0.29) is 11.4 Å². The quantitative estimate of drug-likeness (QED) is 0.627. The Balaban J connectivity index is 1.99. The number of benzene rings is 1. The summed E-state index contributed by atoms with van der Waals surface area (Å²) in [7, 11) is 2.07. The predicted octanol–water partition coefficient (Wildman–Crippen LogP) is 1.77. The van der Waals surface area contributed by atoms with Crippen molar-refractivity contribution < 1.29 is 9.53 Å². The van der Waals surface area contributed by atoms with Gasteiger partial charge in [0.15, 0.2) is 0 Å². The van der Waals surface area contributed by atoms with Gasteiger partial charge < -0.3 is 14.5 Å². The zero-order chi connectivity index (χ0) is 20.5. The van der Waals surface area contributed by atoms with Crippen LogP contribution in [0.5, 0.6) is 5.88 Å². The summed E-state index contributed by atoms with van der Waals surface area (Å²) in [5, 5.41) is 5.31. The average molecular weight is 393 g/mol.